The van der Waals surface area contributed by atoms with E-state index in [1.807, 2.05) is 0 Å². The molecule has 1 fully saturated rings. The van der Waals surface area contributed by atoms with Gasteiger partial charge in [0, 0.05) is 32.4 Å². The molecule has 1 aliphatic rings. The fraction of sp³-hybridized carbons (Fsp3) is 0.692. The van der Waals surface area contributed by atoms with Gasteiger partial charge in [0.05, 0.1) is 0 Å². The molecule has 21 heavy (non-hydrogen) atoms. The van der Waals surface area contributed by atoms with E-state index in [4.69, 9.17) is 9.47 Å². The molecule has 118 valence electrons. The fourth-order valence-corrected chi connectivity index (χ4v) is 2.36. The van der Waals surface area contributed by atoms with Crippen LogP contribution in [-0.2, 0) is 22.7 Å². The van der Waals surface area contributed by atoms with Gasteiger partial charge in [-0.2, -0.15) is 18.3 Å². The highest BCUT2D eigenvalue weighted by Gasteiger charge is 2.40. The van der Waals surface area contributed by atoms with Gasteiger partial charge in [-0.1, -0.05) is 0 Å². The molecule has 5 nitrogen and oxygen atoms in total. The van der Waals surface area contributed by atoms with E-state index < -0.39 is 29.5 Å². The Bertz CT molecular complexity index is 507. The zero-order valence-electron chi connectivity index (χ0n) is 11.8. The number of hydrogen-bond donors (Lipinski definition) is 0. The minimum absolute atomic E-state index is 0.105. The van der Waals surface area contributed by atoms with Crippen LogP contribution in [0.1, 0.15) is 35.8 Å². The molecule has 1 aliphatic heterocycles. The largest absolute Gasteiger partial charge is 0.459 e. The topological polar surface area (TPSA) is 53.4 Å². The van der Waals surface area contributed by atoms with Gasteiger partial charge in [0.15, 0.2) is 5.69 Å². The number of esters is 1. The second kappa shape index (κ2) is 6.05. The second-order valence-electron chi connectivity index (χ2n) is 5.12. The molecule has 0 aromatic carbocycles. The van der Waals surface area contributed by atoms with Crippen molar-refractivity contribution >= 4 is 5.97 Å². The summed E-state index contributed by atoms with van der Waals surface area (Å²) in [6.07, 6.45) is -2.65. The van der Waals surface area contributed by atoms with E-state index in [2.05, 4.69) is 5.10 Å². The third kappa shape index (κ3) is 3.75. The number of aryl methyl sites for hydroxylation is 1. The first kappa shape index (κ1) is 15.8. The summed E-state index contributed by atoms with van der Waals surface area (Å²) < 4.78 is 49.8. The van der Waals surface area contributed by atoms with E-state index in [-0.39, 0.29) is 5.92 Å². The molecule has 8 heteroatoms. The summed E-state index contributed by atoms with van der Waals surface area (Å²) in [6.45, 7) is 2.85. The summed E-state index contributed by atoms with van der Waals surface area (Å²) in [5.41, 5.74) is -1.77. The molecular weight excluding hydrogens is 289 g/mol. The van der Waals surface area contributed by atoms with Crippen LogP contribution in [0.25, 0.3) is 0 Å². The highest BCUT2D eigenvalue weighted by atomic mass is 19.4. The zero-order chi connectivity index (χ0) is 15.6. The van der Waals surface area contributed by atoms with Crippen LogP contribution in [0, 0.1) is 5.92 Å². The second-order valence-corrected chi connectivity index (χ2v) is 5.12. The Hall–Kier alpha value is -1.57. The van der Waals surface area contributed by atoms with E-state index in [9.17, 15) is 18.0 Å². The SMILES string of the molecule is CC(OC(=O)c1cn(C)nc1C(F)(F)F)C1CCOCC1. The summed E-state index contributed by atoms with van der Waals surface area (Å²) >= 11 is 0. The Balaban J connectivity index is 2.09. The van der Waals surface area contributed by atoms with Gasteiger partial charge in [0.2, 0.25) is 0 Å². The minimum Gasteiger partial charge on any atom is -0.459 e. The Labute approximate surface area is 120 Å². The number of nitrogens with zero attached hydrogens (tertiary/aromatic N) is 2. The third-order valence-electron chi connectivity index (χ3n) is 3.54. The number of halogens is 3. The van der Waals surface area contributed by atoms with Gasteiger partial charge in [-0.05, 0) is 19.8 Å². The van der Waals surface area contributed by atoms with Crippen molar-refractivity contribution in [2.24, 2.45) is 13.0 Å². The van der Waals surface area contributed by atoms with Crippen molar-refractivity contribution in [2.75, 3.05) is 13.2 Å². The van der Waals surface area contributed by atoms with E-state index in [0.717, 1.165) is 23.7 Å². The first-order valence-corrected chi connectivity index (χ1v) is 6.68. The minimum atomic E-state index is -4.68. The Morgan fingerprint density at radius 1 is 1.48 bits per heavy atom. The van der Waals surface area contributed by atoms with Gasteiger partial charge < -0.3 is 9.47 Å². The summed E-state index contributed by atoms with van der Waals surface area (Å²) in [5, 5.41) is 3.29. The lowest BCUT2D eigenvalue weighted by molar-refractivity contribution is -0.142. The number of ether oxygens (including phenoxy) is 2. The standard InChI is InChI=1S/C13H17F3N2O3/c1-8(9-3-5-20-6-4-9)21-12(19)10-7-18(2)17-11(10)13(14,15)16/h7-9H,3-6H2,1-2H3. The maximum atomic E-state index is 12.8. The Kier molecular flexibility index (Phi) is 4.55. The molecule has 0 radical (unpaired) electrons. The summed E-state index contributed by atoms with van der Waals surface area (Å²) in [6, 6.07) is 0. The lowest BCUT2D eigenvalue weighted by Crippen LogP contribution is -2.29. The first-order chi connectivity index (χ1) is 9.79. The molecule has 2 heterocycles. The van der Waals surface area contributed by atoms with E-state index in [0.29, 0.717) is 13.2 Å². The van der Waals surface area contributed by atoms with Gasteiger partial charge >= 0.3 is 12.1 Å². The van der Waals surface area contributed by atoms with Gasteiger partial charge in [-0.15, -0.1) is 0 Å². The molecule has 0 N–H and O–H groups in total. The smallest absolute Gasteiger partial charge is 0.436 e. The molecule has 1 atom stereocenters. The monoisotopic (exact) mass is 306 g/mol. The van der Waals surface area contributed by atoms with Crippen LogP contribution in [0.2, 0.25) is 0 Å². The average molecular weight is 306 g/mol. The van der Waals surface area contributed by atoms with Crippen LogP contribution in [0.4, 0.5) is 13.2 Å². The van der Waals surface area contributed by atoms with Crippen LogP contribution >= 0.6 is 0 Å². The summed E-state index contributed by atoms with van der Waals surface area (Å²) in [5.74, 6) is -0.886. The molecule has 0 aliphatic carbocycles. The number of aromatic nitrogens is 2. The number of alkyl halides is 3. The normalized spacial score (nSPS) is 18.5. The number of hydrogen-bond acceptors (Lipinski definition) is 4. The average Bonchev–Trinajstić information content (AvgIpc) is 2.82. The maximum Gasteiger partial charge on any atom is 0.436 e. The molecule has 2 rings (SSSR count). The molecule has 1 saturated heterocycles. The summed E-state index contributed by atoms with van der Waals surface area (Å²) in [7, 11) is 1.33. The molecular formula is C13H17F3N2O3. The predicted octanol–water partition coefficient (Wildman–Crippen LogP) is 2.41. The Morgan fingerprint density at radius 3 is 2.67 bits per heavy atom. The predicted molar refractivity (Wildman–Crippen MR) is 66.6 cm³/mol. The van der Waals surface area contributed by atoms with Gasteiger partial charge in [0.25, 0.3) is 0 Å². The molecule has 1 aromatic rings. The van der Waals surface area contributed by atoms with Crippen molar-refractivity contribution in [3.63, 3.8) is 0 Å². The van der Waals surface area contributed by atoms with Crippen molar-refractivity contribution < 1.29 is 27.4 Å². The van der Waals surface area contributed by atoms with E-state index >= 15 is 0 Å². The molecule has 1 aromatic heterocycles. The summed E-state index contributed by atoms with van der Waals surface area (Å²) in [4.78, 5) is 12.0. The van der Waals surface area contributed by atoms with Crippen molar-refractivity contribution in [1.29, 1.82) is 0 Å². The number of carbonyl (C=O) groups excluding carboxylic acids is 1. The van der Waals surface area contributed by atoms with Crippen molar-refractivity contribution in [2.45, 2.75) is 32.0 Å². The van der Waals surface area contributed by atoms with E-state index in [1.165, 1.54) is 7.05 Å². The van der Waals surface area contributed by atoms with Gasteiger partial charge in [-0.25, -0.2) is 4.79 Å². The molecule has 0 amide bonds. The first-order valence-electron chi connectivity index (χ1n) is 6.68. The van der Waals surface area contributed by atoms with Gasteiger partial charge in [-0.3, -0.25) is 4.68 Å². The number of rotatable bonds is 3. The van der Waals surface area contributed by atoms with Crippen LogP contribution in [0.15, 0.2) is 6.20 Å². The van der Waals surface area contributed by atoms with Crippen LogP contribution in [0.3, 0.4) is 0 Å². The van der Waals surface area contributed by atoms with Crippen molar-refractivity contribution in [1.82, 2.24) is 9.78 Å². The number of carbonyl (C=O) groups is 1. The molecule has 0 spiro atoms. The van der Waals surface area contributed by atoms with Crippen molar-refractivity contribution in [3.05, 3.63) is 17.5 Å². The molecule has 0 bridgehead atoms. The van der Waals surface area contributed by atoms with Crippen LogP contribution < -0.4 is 0 Å². The highest BCUT2D eigenvalue weighted by molar-refractivity contribution is 5.90. The zero-order valence-corrected chi connectivity index (χ0v) is 11.8. The third-order valence-corrected chi connectivity index (χ3v) is 3.54. The highest BCUT2D eigenvalue weighted by Crippen LogP contribution is 2.31. The molecule has 1 unspecified atom stereocenters. The quantitative estimate of drug-likeness (QED) is 0.805. The van der Waals surface area contributed by atoms with Gasteiger partial charge in [0.1, 0.15) is 11.7 Å². The lowest BCUT2D eigenvalue weighted by atomic mass is 9.95. The van der Waals surface area contributed by atoms with Crippen LogP contribution in [0.5, 0.6) is 0 Å². The van der Waals surface area contributed by atoms with Crippen molar-refractivity contribution in [3.8, 4) is 0 Å². The Morgan fingerprint density at radius 2 is 2.10 bits per heavy atom. The van der Waals surface area contributed by atoms with E-state index in [1.54, 1.807) is 6.92 Å². The molecule has 0 saturated carbocycles. The maximum absolute atomic E-state index is 12.8. The van der Waals surface area contributed by atoms with Crippen LogP contribution in [-0.4, -0.2) is 35.1 Å². The fourth-order valence-electron chi connectivity index (χ4n) is 2.36. The lowest BCUT2D eigenvalue weighted by Gasteiger charge is -2.27.